The summed E-state index contributed by atoms with van der Waals surface area (Å²) in [4.78, 5) is 21.8. The molecule has 0 unspecified atom stereocenters. The summed E-state index contributed by atoms with van der Waals surface area (Å²) in [5.41, 5.74) is 6.41. The molecule has 1 aliphatic carbocycles. The van der Waals surface area contributed by atoms with E-state index in [1.54, 1.807) is 11.8 Å². The van der Waals surface area contributed by atoms with Crippen molar-refractivity contribution in [1.29, 1.82) is 0 Å². The Labute approximate surface area is 152 Å². The lowest BCUT2D eigenvalue weighted by Crippen LogP contribution is -2.38. The lowest BCUT2D eigenvalue weighted by molar-refractivity contribution is -0.117. The van der Waals surface area contributed by atoms with Crippen molar-refractivity contribution in [2.24, 2.45) is 4.99 Å². The number of fused-ring (bicyclic) bond motifs is 3. The number of hydrogen-bond donors (Lipinski definition) is 0. The lowest BCUT2D eigenvalue weighted by Gasteiger charge is -2.32. The van der Waals surface area contributed by atoms with E-state index in [9.17, 15) is 4.79 Å². The van der Waals surface area contributed by atoms with E-state index in [1.165, 1.54) is 58.9 Å². The van der Waals surface area contributed by atoms with Crippen molar-refractivity contribution in [3.8, 4) is 0 Å². The molecule has 6 rings (SSSR count). The second-order valence-corrected chi connectivity index (χ2v) is 8.63. The molecule has 2 atom stereocenters. The number of thioether (sulfide) groups is 1. The number of anilines is 1. The molecule has 0 bridgehead atoms. The molecule has 1 amide bonds. The second-order valence-electron chi connectivity index (χ2n) is 7.79. The van der Waals surface area contributed by atoms with Gasteiger partial charge in [-0.1, -0.05) is 24.6 Å². The summed E-state index contributed by atoms with van der Waals surface area (Å²) in [5.74, 6) is 0.277. The van der Waals surface area contributed by atoms with E-state index in [0.29, 0.717) is 18.5 Å². The van der Waals surface area contributed by atoms with Crippen molar-refractivity contribution in [1.82, 2.24) is 4.90 Å². The molecule has 0 spiro atoms. The van der Waals surface area contributed by atoms with Crippen LogP contribution in [0, 0.1) is 0 Å². The normalized spacial score (nSPS) is 29.4. The summed E-state index contributed by atoms with van der Waals surface area (Å²) in [6.45, 7) is 0.892. The van der Waals surface area contributed by atoms with Gasteiger partial charge in [-0.05, 0) is 54.5 Å². The molecule has 0 saturated heterocycles. The van der Waals surface area contributed by atoms with E-state index < -0.39 is 0 Å². The van der Waals surface area contributed by atoms with Gasteiger partial charge in [-0.2, -0.15) is 0 Å². The predicted octanol–water partition coefficient (Wildman–Crippen LogP) is 3.55. The summed E-state index contributed by atoms with van der Waals surface area (Å²) in [7, 11) is 0. The van der Waals surface area contributed by atoms with E-state index in [4.69, 9.17) is 4.99 Å². The Morgan fingerprint density at radius 1 is 1.12 bits per heavy atom. The van der Waals surface area contributed by atoms with E-state index in [-0.39, 0.29) is 5.91 Å². The van der Waals surface area contributed by atoms with E-state index in [2.05, 4.69) is 22.4 Å². The number of aliphatic imine (C=N–C) groups is 1. The highest BCUT2D eigenvalue weighted by atomic mass is 32.2. The Bertz CT molecular complexity index is 859. The Kier molecular flexibility index (Phi) is 2.96. The van der Waals surface area contributed by atoms with Crippen LogP contribution in [-0.4, -0.2) is 34.6 Å². The first-order valence-electron chi connectivity index (χ1n) is 9.50. The van der Waals surface area contributed by atoms with Gasteiger partial charge in [0.2, 0.25) is 5.91 Å². The van der Waals surface area contributed by atoms with Gasteiger partial charge in [0.15, 0.2) is 5.17 Å². The van der Waals surface area contributed by atoms with Crippen LogP contribution in [0.4, 0.5) is 5.69 Å². The number of amides is 1. The number of carbonyl (C=O) groups is 1. The summed E-state index contributed by atoms with van der Waals surface area (Å²) >= 11 is 1.78. The fourth-order valence-electron chi connectivity index (χ4n) is 5.26. The topological polar surface area (TPSA) is 35.9 Å². The Morgan fingerprint density at radius 3 is 2.96 bits per heavy atom. The molecule has 5 aliphatic rings. The quantitative estimate of drug-likeness (QED) is 0.776. The predicted molar refractivity (Wildman–Crippen MR) is 102 cm³/mol. The average Bonchev–Trinajstić information content (AvgIpc) is 3.28. The largest absolute Gasteiger partial charge is 0.315 e. The average molecular weight is 351 g/mol. The maximum atomic E-state index is 12.3. The number of amidine groups is 1. The van der Waals surface area contributed by atoms with Crippen LogP contribution in [0.5, 0.6) is 0 Å². The van der Waals surface area contributed by atoms with Crippen molar-refractivity contribution < 1.29 is 4.79 Å². The van der Waals surface area contributed by atoms with Gasteiger partial charge in [0, 0.05) is 12.0 Å². The third kappa shape index (κ3) is 1.96. The molecule has 25 heavy (non-hydrogen) atoms. The molecule has 1 fully saturated rings. The van der Waals surface area contributed by atoms with Gasteiger partial charge in [-0.15, -0.1) is 0 Å². The molecule has 1 saturated carbocycles. The van der Waals surface area contributed by atoms with Crippen LogP contribution in [0.15, 0.2) is 22.5 Å². The van der Waals surface area contributed by atoms with Crippen molar-refractivity contribution in [2.45, 2.75) is 57.0 Å². The second kappa shape index (κ2) is 5.13. The van der Waals surface area contributed by atoms with E-state index in [0.717, 1.165) is 19.4 Å². The van der Waals surface area contributed by atoms with Crippen LogP contribution in [0.2, 0.25) is 0 Å². The molecule has 0 aromatic heterocycles. The molecular weight excluding hydrogens is 330 g/mol. The Morgan fingerprint density at radius 2 is 2.00 bits per heavy atom. The molecule has 0 N–H and O–H groups in total. The minimum Gasteiger partial charge on any atom is -0.315 e. The number of carbonyl (C=O) groups excluding carboxylic acids is 1. The van der Waals surface area contributed by atoms with Crippen LogP contribution in [0.25, 0.3) is 5.70 Å². The zero-order valence-electron chi connectivity index (χ0n) is 14.2. The minimum atomic E-state index is 0.277. The highest BCUT2D eigenvalue weighted by Gasteiger charge is 2.42. The van der Waals surface area contributed by atoms with E-state index in [1.807, 2.05) is 4.90 Å². The molecule has 128 valence electrons. The third-order valence-corrected chi connectivity index (χ3v) is 7.20. The first kappa shape index (κ1) is 14.4. The fraction of sp³-hybridized carbons (Fsp3) is 0.500. The summed E-state index contributed by atoms with van der Waals surface area (Å²) in [6.07, 6.45) is 7.86. The van der Waals surface area contributed by atoms with Gasteiger partial charge >= 0.3 is 0 Å². The third-order valence-electron chi connectivity index (χ3n) is 6.35. The Balaban J connectivity index is 1.42. The van der Waals surface area contributed by atoms with Crippen molar-refractivity contribution in [3.63, 3.8) is 0 Å². The van der Waals surface area contributed by atoms with Gasteiger partial charge < -0.3 is 9.80 Å². The number of rotatable bonds is 1. The zero-order chi connectivity index (χ0) is 16.5. The minimum absolute atomic E-state index is 0.277. The van der Waals surface area contributed by atoms with Gasteiger partial charge in [0.25, 0.3) is 0 Å². The molecule has 4 nitrogen and oxygen atoms in total. The number of benzene rings is 1. The van der Waals surface area contributed by atoms with Crippen LogP contribution in [0.1, 0.15) is 48.8 Å². The first-order valence-corrected chi connectivity index (χ1v) is 10.4. The molecule has 1 aromatic carbocycles. The van der Waals surface area contributed by atoms with Crippen molar-refractivity contribution in [3.05, 3.63) is 34.2 Å². The number of aryl methyl sites for hydroxylation is 1. The van der Waals surface area contributed by atoms with Crippen LogP contribution >= 0.6 is 11.8 Å². The van der Waals surface area contributed by atoms with Crippen LogP contribution in [0.3, 0.4) is 0 Å². The fourth-order valence-corrected chi connectivity index (χ4v) is 6.27. The maximum Gasteiger partial charge on any atom is 0.231 e. The first-order chi connectivity index (χ1) is 12.3. The molecular formula is C20H21N3OS. The SMILES string of the molecule is O=C1Cc2cc(C3=CSC4=N[C@@H]5CCCC[C@H]5N34)cc3c2N1CCC3. The summed E-state index contributed by atoms with van der Waals surface area (Å²) in [6, 6.07) is 5.65. The monoisotopic (exact) mass is 351 g/mol. The summed E-state index contributed by atoms with van der Waals surface area (Å²) < 4.78 is 0. The zero-order valence-corrected chi connectivity index (χ0v) is 15.0. The van der Waals surface area contributed by atoms with Gasteiger partial charge in [-0.3, -0.25) is 9.79 Å². The molecule has 4 heterocycles. The molecule has 0 radical (unpaired) electrons. The lowest BCUT2D eigenvalue weighted by atomic mass is 9.90. The van der Waals surface area contributed by atoms with Gasteiger partial charge in [0.1, 0.15) is 0 Å². The molecule has 1 aromatic rings. The van der Waals surface area contributed by atoms with Crippen LogP contribution in [-0.2, 0) is 17.6 Å². The number of nitrogens with zero attached hydrogens (tertiary/aromatic N) is 3. The van der Waals surface area contributed by atoms with E-state index >= 15 is 0 Å². The molecule has 4 aliphatic heterocycles. The molecule has 5 heteroatoms. The highest BCUT2D eigenvalue weighted by molar-refractivity contribution is 8.16. The van der Waals surface area contributed by atoms with Crippen molar-refractivity contribution >= 4 is 34.2 Å². The van der Waals surface area contributed by atoms with Gasteiger partial charge in [-0.25, -0.2) is 0 Å². The standard InChI is InChI=1S/C20H21N3OS/c24-18-10-14-9-13(8-12-4-3-7-22(18)19(12)14)17-11-25-20-21-15-5-1-2-6-16(15)23(17)20/h8-9,11,15-16H,1-7,10H2/t15-,16-/m1/s1. The maximum absolute atomic E-state index is 12.3. The number of hydrogen-bond acceptors (Lipinski definition) is 4. The van der Waals surface area contributed by atoms with Crippen molar-refractivity contribution in [2.75, 3.05) is 11.4 Å². The smallest absolute Gasteiger partial charge is 0.231 e. The van der Waals surface area contributed by atoms with Gasteiger partial charge in [0.05, 0.1) is 29.9 Å². The Hall–Kier alpha value is -1.75. The van der Waals surface area contributed by atoms with Crippen LogP contribution < -0.4 is 4.90 Å². The summed E-state index contributed by atoms with van der Waals surface area (Å²) in [5, 5.41) is 3.47. The highest BCUT2D eigenvalue weighted by Crippen LogP contribution is 2.46.